The molecule has 0 aromatic carbocycles. The van der Waals surface area contributed by atoms with Crippen molar-refractivity contribution in [2.45, 2.75) is 46.1 Å². The van der Waals surface area contributed by atoms with Gasteiger partial charge in [0.15, 0.2) is 0 Å². The maximum Gasteiger partial charge on any atom is 0.312 e. The minimum atomic E-state index is -0.432. The Balaban J connectivity index is 2.07. The lowest BCUT2D eigenvalue weighted by atomic mass is 9.65. The van der Waals surface area contributed by atoms with Crippen LogP contribution in [0.5, 0.6) is 0 Å². The fraction of sp³-hybridized carbons (Fsp3) is 0.889. The van der Waals surface area contributed by atoms with E-state index in [1.165, 1.54) is 0 Å². The fourth-order valence-electron chi connectivity index (χ4n) is 4.67. The quantitative estimate of drug-likeness (QED) is 0.688. The number of hydrogen-bond acceptors (Lipinski definition) is 4. The average molecular weight is 340 g/mol. The van der Waals surface area contributed by atoms with E-state index in [-0.39, 0.29) is 22.8 Å². The van der Waals surface area contributed by atoms with E-state index in [1.54, 1.807) is 19.1 Å². The van der Waals surface area contributed by atoms with Gasteiger partial charge in [-0.1, -0.05) is 20.8 Å². The number of nitrogens with zero attached hydrogens (tertiary/aromatic N) is 2. The Hall–Kier alpha value is -1.14. The molecule has 24 heavy (non-hydrogen) atoms. The van der Waals surface area contributed by atoms with Gasteiger partial charge >= 0.3 is 11.8 Å². The van der Waals surface area contributed by atoms with E-state index in [4.69, 9.17) is 9.47 Å². The molecule has 6 heteroatoms. The predicted octanol–water partition coefficient (Wildman–Crippen LogP) is 1.53. The van der Waals surface area contributed by atoms with Crippen LogP contribution < -0.4 is 0 Å². The van der Waals surface area contributed by atoms with Crippen LogP contribution in [-0.4, -0.2) is 74.7 Å². The molecule has 2 atom stereocenters. The van der Waals surface area contributed by atoms with Crippen molar-refractivity contribution in [3.05, 3.63) is 0 Å². The molecule has 1 saturated heterocycles. The number of carbonyl (C=O) groups excluding carboxylic acids is 2. The Bertz CT molecular complexity index is 472. The highest BCUT2D eigenvalue weighted by molar-refractivity contribution is 6.35. The third-order valence-corrected chi connectivity index (χ3v) is 5.28. The van der Waals surface area contributed by atoms with Crippen LogP contribution in [0, 0.1) is 10.8 Å². The molecule has 2 aliphatic rings. The van der Waals surface area contributed by atoms with Gasteiger partial charge in [0.1, 0.15) is 0 Å². The molecule has 0 aromatic rings. The Morgan fingerprint density at radius 1 is 1.08 bits per heavy atom. The number of hydrogen-bond donors (Lipinski definition) is 0. The third-order valence-electron chi connectivity index (χ3n) is 5.28. The van der Waals surface area contributed by atoms with Gasteiger partial charge in [-0.05, 0) is 30.1 Å². The summed E-state index contributed by atoms with van der Waals surface area (Å²) in [5, 5.41) is 0. The molecule has 6 nitrogen and oxygen atoms in total. The molecule has 1 aliphatic heterocycles. The maximum absolute atomic E-state index is 12.9. The highest BCUT2D eigenvalue weighted by Gasteiger charge is 2.52. The van der Waals surface area contributed by atoms with Crippen LogP contribution in [0.1, 0.15) is 40.0 Å². The zero-order chi connectivity index (χ0) is 18.0. The standard InChI is InChI=1S/C18H32N2O4/c1-17(2)10-14-11-18(3,12-17)13-20(14)16(22)15(21)19(6-8-23-4)7-9-24-5/h14H,6-13H2,1-5H3. The van der Waals surface area contributed by atoms with Crippen molar-refractivity contribution in [2.24, 2.45) is 10.8 Å². The zero-order valence-corrected chi connectivity index (χ0v) is 15.8. The zero-order valence-electron chi connectivity index (χ0n) is 15.8. The van der Waals surface area contributed by atoms with E-state index in [0.29, 0.717) is 32.8 Å². The molecule has 0 spiro atoms. The summed E-state index contributed by atoms with van der Waals surface area (Å²) in [5.74, 6) is -0.799. The van der Waals surface area contributed by atoms with Crippen molar-refractivity contribution in [1.29, 1.82) is 0 Å². The predicted molar refractivity (Wildman–Crippen MR) is 91.6 cm³/mol. The number of methoxy groups -OCH3 is 2. The van der Waals surface area contributed by atoms with Gasteiger partial charge < -0.3 is 19.3 Å². The Morgan fingerprint density at radius 2 is 1.67 bits per heavy atom. The van der Waals surface area contributed by atoms with Crippen LogP contribution in [0.3, 0.4) is 0 Å². The lowest BCUT2D eigenvalue weighted by molar-refractivity contribution is -0.153. The molecule has 0 radical (unpaired) electrons. The Kier molecular flexibility index (Phi) is 5.91. The molecule has 1 aliphatic carbocycles. The molecule has 0 N–H and O–H groups in total. The van der Waals surface area contributed by atoms with Crippen LogP contribution in [0.2, 0.25) is 0 Å². The summed E-state index contributed by atoms with van der Waals surface area (Å²) in [6.07, 6.45) is 3.08. The Morgan fingerprint density at radius 3 is 2.21 bits per heavy atom. The van der Waals surface area contributed by atoms with Crippen molar-refractivity contribution < 1.29 is 19.1 Å². The van der Waals surface area contributed by atoms with Crippen LogP contribution in [0.4, 0.5) is 0 Å². The van der Waals surface area contributed by atoms with Gasteiger partial charge in [-0.3, -0.25) is 9.59 Å². The number of likely N-dealkylation sites (tertiary alicyclic amines) is 1. The van der Waals surface area contributed by atoms with Crippen molar-refractivity contribution in [2.75, 3.05) is 47.1 Å². The van der Waals surface area contributed by atoms with Crippen LogP contribution in [0.15, 0.2) is 0 Å². The number of rotatable bonds is 6. The second kappa shape index (κ2) is 7.40. The molecule has 2 amide bonds. The minimum absolute atomic E-state index is 0.131. The smallest absolute Gasteiger partial charge is 0.312 e. The third kappa shape index (κ3) is 4.28. The van der Waals surface area contributed by atoms with Crippen molar-refractivity contribution in [3.8, 4) is 0 Å². The van der Waals surface area contributed by atoms with Gasteiger partial charge in [0, 0.05) is 39.9 Å². The molecule has 1 saturated carbocycles. The monoisotopic (exact) mass is 340 g/mol. The summed E-state index contributed by atoms with van der Waals surface area (Å²) in [6.45, 7) is 9.10. The van der Waals surface area contributed by atoms with Gasteiger partial charge in [-0.25, -0.2) is 0 Å². The van der Waals surface area contributed by atoms with Crippen molar-refractivity contribution in [3.63, 3.8) is 0 Å². The van der Waals surface area contributed by atoms with Crippen LogP contribution in [-0.2, 0) is 19.1 Å². The lowest BCUT2D eigenvalue weighted by Gasteiger charge is -2.39. The average Bonchev–Trinajstić information content (AvgIpc) is 2.75. The lowest BCUT2D eigenvalue weighted by Crippen LogP contribution is -2.49. The Labute approximate surface area is 145 Å². The van der Waals surface area contributed by atoms with Crippen molar-refractivity contribution >= 4 is 11.8 Å². The number of fused-ring (bicyclic) bond motifs is 2. The molecular formula is C18H32N2O4. The second-order valence-electron chi connectivity index (χ2n) is 8.42. The molecule has 2 fully saturated rings. The maximum atomic E-state index is 12.9. The van der Waals surface area contributed by atoms with Gasteiger partial charge in [0.2, 0.25) is 0 Å². The number of amides is 2. The summed E-state index contributed by atoms with van der Waals surface area (Å²) >= 11 is 0. The van der Waals surface area contributed by atoms with Gasteiger partial charge in [-0.15, -0.1) is 0 Å². The minimum Gasteiger partial charge on any atom is -0.383 e. The van der Waals surface area contributed by atoms with Gasteiger partial charge in [-0.2, -0.15) is 0 Å². The number of ether oxygens (including phenoxy) is 2. The normalized spacial score (nSPS) is 28.0. The molecule has 0 aromatic heterocycles. The van der Waals surface area contributed by atoms with Crippen molar-refractivity contribution in [1.82, 2.24) is 9.80 Å². The largest absolute Gasteiger partial charge is 0.383 e. The highest BCUT2D eigenvalue weighted by atomic mass is 16.5. The first kappa shape index (κ1) is 19.2. The molecule has 2 unspecified atom stereocenters. The van der Waals surface area contributed by atoms with E-state index in [2.05, 4.69) is 20.8 Å². The van der Waals surface area contributed by atoms with Gasteiger partial charge in [0.25, 0.3) is 0 Å². The number of carbonyl (C=O) groups is 2. The summed E-state index contributed by atoms with van der Waals surface area (Å²) in [5.41, 5.74) is 0.355. The van der Waals surface area contributed by atoms with Crippen LogP contribution in [0.25, 0.3) is 0 Å². The topological polar surface area (TPSA) is 59.1 Å². The van der Waals surface area contributed by atoms with Gasteiger partial charge in [0.05, 0.1) is 13.2 Å². The molecule has 2 bridgehead atoms. The van der Waals surface area contributed by atoms with E-state index in [0.717, 1.165) is 19.3 Å². The molecule has 2 rings (SSSR count). The first-order valence-corrected chi connectivity index (χ1v) is 8.79. The van der Waals surface area contributed by atoms with E-state index >= 15 is 0 Å². The van der Waals surface area contributed by atoms with E-state index < -0.39 is 5.91 Å². The van der Waals surface area contributed by atoms with Crippen LogP contribution >= 0.6 is 0 Å². The SMILES string of the molecule is COCCN(CCOC)C(=O)C(=O)N1CC2(C)CC1CC(C)(C)C2. The summed E-state index contributed by atoms with van der Waals surface area (Å²) in [4.78, 5) is 29.0. The summed E-state index contributed by atoms with van der Waals surface area (Å²) < 4.78 is 10.1. The molecular weight excluding hydrogens is 308 g/mol. The molecule has 138 valence electrons. The van der Waals surface area contributed by atoms with E-state index in [1.807, 2.05) is 4.90 Å². The fourth-order valence-corrected chi connectivity index (χ4v) is 4.67. The highest BCUT2D eigenvalue weighted by Crippen LogP contribution is 2.52. The first-order chi connectivity index (χ1) is 11.2. The molecule has 1 heterocycles. The summed E-state index contributed by atoms with van der Waals surface area (Å²) in [6, 6.07) is 0.182. The first-order valence-electron chi connectivity index (χ1n) is 8.79. The van der Waals surface area contributed by atoms with E-state index in [9.17, 15) is 9.59 Å². The summed E-state index contributed by atoms with van der Waals surface area (Å²) in [7, 11) is 3.18. The second-order valence-corrected chi connectivity index (χ2v) is 8.42.